The first-order valence-corrected chi connectivity index (χ1v) is 40.8. The van der Waals surface area contributed by atoms with Crippen LogP contribution in [-0.4, -0.2) is 96.7 Å². The van der Waals surface area contributed by atoms with Crippen molar-refractivity contribution in [2.75, 3.05) is 39.6 Å². The minimum atomic E-state index is -4.97. The Hall–Kier alpha value is -2.98. The van der Waals surface area contributed by atoms with E-state index in [0.29, 0.717) is 25.7 Å². The van der Waals surface area contributed by atoms with Crippen molar-refractivity contribution in [2.45, 2.75) is 361 Å². The van der Waals surface area contributed by atoms with Crippen LogP contribution < -0.4 is 0 Å². The van der Waals surface area contributed by atoms with E-state index in [9.17, 15) is 43.2 Å². The number of aliphatic hydroxyl groups is 1. The van der Waals surface area contributed by atoms with E-state index in [4.69, 9.17) is 37.0 Å². The van der Waals surface area contributed by atoms with E-state index >= 15 is 0 Å². The lowest BCUT2D eigenvalue weighted by molar-refractivity contribution is -0.161. The van der Waals surface area contributed by atoms with Crippen LogP contribution in [-0.2, 0) is 65.4 Å². The van der Waals surface area contributed by atoms with E-state index < -0.39 is 97.5 Å². The second-order valence-corrected chi connectivity index (χ2v) is 29.0. The fourth-order valence-electron chi connectivity index (χ4n) is 10.4. The number of esters is 4. The average Bonchev–Trinajstić information content (AvgIpc) is 2.51. The highest BCUT2D eigenvalue weighted by molar-refractivity contribution is 7.47. The standard InChI is InChI=1S/C75H138O17P2/c1-6-9-12-15-18-21-24-27-29-31-34-39-44-49-54-59-73(78)86-64-70(91-74(79)60-55-50-45-40-35-32-30-28-25-22-19-16-13-10-7-2)66-89-93(81,82)87-62-69(76)63-88-94(83,84)90-67-71(92-75(80)61-56-51-46-41-36-37-42-47-52-57-68(4)5)65-85-72(77)58-53-48-43-38-33-26-23-20-17-14-11-8-3/h21-22,24-25,27-30,68-71,76H,6-20,23,26,31-67H2,1-5H3,(H,81,82)(H,83,84)/b24-21-,25-22-,29-27-,30-28-/t69-,70-,71-/m1/s1. The largest absolute Gasteiger partial charge is 0.472 e. The highest BCUT2D eigenvalue weighted by atomic mass is 31.2. The molecule has 0 aliphatic rings. The third-order valence-corrected chi connectivity index (χ3v) is 18.2. The van der Waals surface area contributed by atoms with Gasteiger partial charge in [0.15, 0.2) is 12.2 Å². The molecule has 550 valence electrons. The van der Waals surface area contributed by atoms with E-state index in [2.05, 4.69) is 83.2 Å². The number of hydrogen-bond donors (Lipinski definition) is 3. The van der Waals surface area contributed by atoms with Crippen LogP contribution in [0.25, 0.3) is 0 Å². The van der Waals surface area contributed by atoms with Gasteiger partial charge in [-0.05, 0) is 83.0 Å². The Bertz CT molecular complexity index is 1990. The fraction of sp³-hybridized carbons (Fsp3) is 0.840. The topological polar surface area (TPSA) is 237 Å². The molecule has 3 N–H and O–H groups in total. The Balaban J connectivity index is 5.33. The van der Waals surface area contributed by atoms with Crippen molar-refractivity contribution in [3.63, 3.8) is 0 Å². The molecule has 19 heteroatoms. The predicted octanol–water partition coefficient (Wildman–Crippen LogP) is 21.2. The maximum atomic E-state index is 13.1. The lowest BCUT2D eigenvalue weighted by Crippen LogP contribution is -2.30. The Morgan fingerprint density at radius 3 is 0.872 bits per heavy atom. The van der Waals surface area contributed by atoms with Crippen molar-refractivity contribution < 1.29 is 80.2 Å². The summed E-state index contributed by atoms with van der Waals surface area (Å²) in [7, 11) is -9.93. The van der Waals surface area contributed by atoms with Crippen LogP contribution in [0, 0.1) is 5.92 Å². The summed E-state index contributed by atoms with van der Waals surface area (Å²) in [5, 5.41) is 10.6. The molecule has 0 aromatic carbocycles. The first-order chi connectivity index (χ1) is 45.5. The molecule has 2 unspecified atom stereocenters. The molecule has 0 aliphatic carbocycles. The van der Waals surface area contributed by atoms with Gasteiger partial charge in [0.1, 0.15) is 19.3 Å². The van der Waals surface area contributed by atoms with Gasteiger partial charge >= 0.3 is 39.5 Å². The number of allylic oxidation sites excluding steroid dienone is 8. The third-order valence-electron chi connectivity index (χ3n) is 16.3. The van der Waals surface area contributed by atoms with Gasteiger partial charge in [-0.2, -0.15) is 0 Å². The normalized spacial score (nSPS) is 14.3. The summed E-state index contributed by atoms with van der Waals surface area (Å²) < 4.78 is 68.4. The van der Waals surface area contributed by atoms with Crippen molar-refractivity contribution in [3.8, 4) is 0 Å². The van der Waals surface area contributed by atoms with Gasteiger partial charge in [-0.1, -0.05) is 289 Å². The van der Waals surface area contributed by atoms with Gasteiger partial charge in [0.2, 0.25) is 0 Å². The zero-order chi connectivity index (χ0) is 69.1. The Morgan fingerprint density at radius 2 is 0.574 bits per heavy atom. The Kier molecular flexibility index (Phi) is 65.1. The van der Waals surface area contributed by atoms with E-state index in [1.54, 1.807) is 0 Å². The van der Waals surface area contributed by atoms with Crippen LogP contribution in [0.3, 0.4) is 0 Å². The summed E-state index contributed by atoms with van der Waals surface area (Å²) in [6, 6.07) is 0. The van der Waals surface area contributed by atoms with Gasteiger partial charge in [-0.25, -0.2) is 9.13 Å². The number of hydrogen-bond acceptors (Lipinski definition) is 15. The fourth-order valence-corrected chi connectivity index (χ4v) is 12.0. The number of rotatable bonds is 71. The van der Waals surface area contributed by atoms with Crippen molar-refractivity contribution in [1.82, 2.24) is 0 Å². The molecular formula is C75H138O17P2. The maximum Gasteiger partial charge on any atom is 0.472 e. The number of ether oxygens (including phenoxy) is 4. The van der Waals surface area contributed by atoms with Crippen LogP contribution >= 0.6 is 15.6 Å². The summed E-state index contributed by atoms with van der Waals surface area (Å²) in [4.78, 5) is 72.7. The molecule has 0 amide bonds. The molecule has 0 bridgehead atoms. The number of phosphoric ester groups is 2. The lowest BCUT2D eigenvalue weighted by Gasteiger charge is -2.21. The maximum absolute atomic E-state index is 13.1. The second kappa shape index (κ2) is 67.2. The van der Waals surface area contributed by atoms with Gasteiger partial charge < -0.3 is 33.8 Å². The van der Waals surface area contributed by atoms with Gasteiger partial charge in [0.25, 0.3) is 0 Å². The van der Waals surface area contributed by atoms with Gasteiger partial charge in [0.05, 0.1) is 26.4 Å². The molecule has 94 heavy (non-hydrogen) atoms. The van der Waals surface area contributed by atoms with Crippen LogP contribution in [0.4, 0.5) is 0 Å². The van der Waals surface area contributed by atoms with Crippen molar-refractivity contribution >= 4 is 39.5 Å². The minimum absolute atomic E-state index is 0.0782. The van der Waals surface area contributed by atoms with Crippen molar-refractivity contribution in [3.05, 3.63) is 48.6 Å². The number of unbranched alkanes of at least 4 members (excludes halogenated alkanes) is 37. The molecule has 0 rings (SSSR count). The Morgan fingerprint density at radius 1 is 0.330 bits per heavy atom. The molecule has 0 saturated heterocycles. The second-order valence-electron chi connectivity index (χ2n) is 26.1. The number of carbonyl (C=O) groups excluding carboxylic acids is 4. The van der Waals surface area contributed by atoms with Crippen LogP contribution in [0.5, 0.6) is 0 Å². The molecule has 0 aromatic heterocycles. The van der Waals surface area contributed by atoms with E-state index in [1.807, 2.05) is 0 Å². The molecule has 0 heterocycles. The van der Waals surface area contributed by atoms with Gasteiger partial charge in [-0.15, -0.1) is 0 Å². The highest BCUT2D eigenvalue weighted by Gasteiger charge is 2.30. The summed E-state index contributed by atoms with van der Waals surface area (Å²) >= 11 is 0. The van der Waals surface area contributed by atoms with E-state index in [-0.39, 0.29) is 25.7 Å². The van der Waals surface area contributed by atoms with Crippen LogP contribution in [0.15, 0.2) is 48.6 Å². The zero-order valence-electron chi connectivity index (χ0n) is 60.1. The van der Waals surface area contributed by atoms with Crippen molar-refractivity contribution in [1.29, 1.82) is 0 Å². The van der Waals surface area contributed by atoms with Crippen LogP contribution in [0.2, 0.25) is 0 Å². The summed E-state index contributed by atoms with van der Waals surface area (Å²) in [6.07, 6.45) is 61.2. The zero-order valence-corrected chi connectivity index (χ0v) is 61.9. The number of phosphoric acid groups is 2. The first kappa shape index (κ1) is 91.0. The van der Waals surface area contributed by atoms with E-state index in [1.165, 1.54) is 135 Å². The molecule has 0 saturated carbocycles. The van der Waals surface area contributed by atoms with Crippen molar-refractivity contribution in [2.24, 2.45) is 5.92 Å². The van der Waals surface area contributed by atoms with Gasteiger partial charge in [-0.3, -0.25) is 37.3 Å². The summed E-state index contributed by atoms with van der Waals surface area (Å²) in [6.45, 7) is 7.12. The molecule has 0 fully saturated rings. The van der Waals surface area contributed by atoms with Gasteiger partial charge in [0, 0.05) is 25.7 Å². The smallest absolute Gasteiger partial charge is 0.462 e. The predicted molar refractivity (Wildman–Crippen MR) is 381 cm³/mol. The quantitative estimate of drug-likeness (QED) is 0.0169. The molecule has 0 radical (unpaired) electrons. The monoisotopic (exact) mass is 1370 g/mol. The summed E-state index contributed by atoms with van der Waals surface area (Å²) in [5.74, 6) is -1.44. The average molecular weight is 1370 g/mol. The van der Waals surface area contributed by atoms with E-state index in [0.717, 1.165) is 128 Å². The minimum Gasteiger partial charge on any atom is -0.462 e. The number of aliphatic hydroxyl groups excluding tert-OH is 1. The first-order valence-electron chi connectivity index (χ1n) is 37.8. The third kappa shape index (κ3) is 67.6. The molecule has 0 aromatic rings. The molecule has 17 nitrogen and oxygen atoms in total. The summed E-state index contributed by atoms with van der Waals surface area (Å²) in [5.41, 5.74) is 0. The molecule has 5 atom stereocenters. The molecule has 0 spiro atoms. The lowest BCUT2D eigenvalue weighted by atomic mass is 10.0. The SMILES string of the molecule is CCCCCC/C=C\C=C/CCCCCCCC(=O)OC[C@H](COP(=O)(O)OC[C@@H](O)COP(=O)(O)OC[C@@H](COC(=O)CCCCCCCCCCCCCC)OC(=O)CCCCCCCCCCCC(C)C)OC(=O)CCCCCCC/C=C\C=C/CCCCCC. The highest BCUT2D eigenvalue weighted by Crippen LogP contribution is 2.45. The number of carbonyl (C=O) groups is 4. The molecule has 0 aliphatic heterocycles. The Labute approximate surface area is 572 Å². The molecular weight excluding hydrogens is 1230 g/mol. The van der Waals surface area contributed by atoms with Crippen LogP contribution in [0.1, 0.15) is 343 Å².